The van der Waals surface area contributed by atoms with Gasteiger partial charge in [0.25, 0.3) is 0 Å². The van der Waals surface area contributed by atoms with Crippen molar-refractivity contribution in [2.45, 2.75) is 18.9 Å². The summed E-state index contributed by atoms with van der Waals surface area (Å²) in [6, 6.07) is 6.60. The van der Waals surface area contributed by atoms with Crippen LogP contribution in [-0.2, 0) is 14.4 Å². The zero-order valence-corrected chi connectivity index (χ0v) is 14.8. The van der Waals surface area contributed by atoms with E-state index in [0.29, 0.717) is 5.75 Å². The Balaban J connectivity index is 1.68. The van der Waals surface area contributed by atoms with Crippen LogP contribution in [0.1, 0.15) is 24.4 Å². The molecule has 2 aliphatic carbocycles. The van der Waals surface area contributed by atoms with Crippen LogP contribution in [0.15, 0.2) is 36.4 Å². The molecular formula is C20H22N2O4. The van der Waals surface area contributed by atoms with Crippen LogP contribution < -0.4 is 10.1 Å². The van der Waals surface area contributed by atoms with Gasteiger partial charge in [0, 0.05) is 7.05 Å². The molecule has 1 saturated heterocycles. The molecule has 6 nitrogen and oxygen atoms in total. The molecule has 2 bridgehead atoms. The first kappa shape index (κ1) is 16.8. The summed E-state index contributed by atoms with van der Waals surface area (Å²) in [6.45, 7) is 0. The molecule has 1 aromatic carbocycles. The lowest BCUT2D eigenvalue weighted by Gasteiger charge is -2.28. The van der Waals surface area contributed by atoms with Crippen LogP contribution >= 0.6 is 0 Å². The van der Waals surface area contributed by atoms with Crippen molar-refractivity contribution in [2.75, 3.05) is 14.2 Å². The number of nitrogens with one attached hydrogen (secondary N) is 1. The minimum Gasteiger partial charge on any atom is -0.497 e. The number of hydrogen-bond acceptors (Lipinski definition) is 4. The number of hydrogen-bond donors (Lipinski definition) is 1. The van der Waals surface area contributed by atoms with Crippen LogP contribution in [-0.4, -0.2) is 36.8 Å². The minimum absolute atomic E-state index is 0.0580. The maximum atomic E-state index is 13.1. The van der Waals surface area contributed by atoms with Crippen LogP contribution in [0.4, 0.5) is 0 Å². The molecule has 5 unspecified atom stereocenters. The van der Waals surface area contributed by atoms with Crippen LogP contribution in [0.2, 0.25) is 0 Å². The summed E-state index contributed by atoms with van der Waals surface area (Å²) in [5, 5.41) is 2.60. The second kappa shape index (κ2) is 6.27. The first-order valence-corrected chi connectivity index (χ1v) is 8.95. The highest BCUT2D eigenvalue weighted by Gasteiger charge is 2.60. The third-order valence-corrected chi connectivity index (χ3v) is 5.97. The van der Waals surface area contributed by atoms with Crippen molar-refractivity contribution in [2.24, 2.45) is 23.7 Å². The molecule has 5 atom stereocenters. The molecule has 1 N–H and O–H groups in total. The number of ether oxygens (including phenoxy) is 1. The van der Waals surface area contributed by atoms with E-state index in [9.17, 15) is 14.4 Å². The Morgan fingerprint density at radius 2 is 1.73 bits per heavy atom. The topological polar surface area (TPSA) is 75.7 Å². The van der Waals surface area contributed by atoms with Gasteiger partial charge in [0.15, 0.2) is 0 Å². The van der Waals surface area contributed by atoms with Gasteiger partial charge < -0.3 is 10.1 Å². The zero-order valence-electron chi connectivity index (χ0n) is 14.8. The predicted molar refractivity (Wildman–Crippen MR) is 94.0 cm³/mol. The van der Waals surface area contributed by atoms with E-state index in [2.05, 4.69) is 17.5 Å². The van der Waals surface area contributed by atoms with E-state index in [1.807, 2.05) is 12.1 Å². The second-order valence-electron chi connectivity index (χ2n) is 7.21. The fourth-order valence-corrected chi connectivity index (χ4v) is 4.69. The molecule has 0 aromatic heterocycles. The number of carbonyl (C=O) groups is 3. The molecule has 1 aliphatic heterocycles. The number of allylic oxidation sites excluding steroid dienone is 2. The third kappa shape index (κ3) is 2.43. The van der Waals surface area contributed by atoms with Gasteiger partial charge in [-0.1, -0.05) is 24.3 Å². The van der Waals surface area contributed by atoms with Gasteiger partial charge in [0.1, 0.15) is 5.75 Å². The Bertz CT molecular complexity index is 756. The lowest BCUT2D eigenvalue weighted by Crippen LogP contribution is -2.39. The van der Waals surface area contributed by atoms with Crippen LogP contribution in [0, 0.1) is 23.7 Å². The summed E-state index contributed by atoms with van der Waals surface area (Å²) < 4.78 is 5.18. The number of imide groups is 1. The summed E-state index contributed by atoms with van der Waals surface area (Å²) in [5.74, 6) is -0.00448. The van der Waals surface area contributed by atoms with E-state index in [1.165, 1.54) is 4.90 Å². The van der Waals surface area contributed by atoms with E-state index in [-0.39, 0.29) is 47.8 Å². The van der Waals surface area contributed by atoms with Gasteiger partial charge in [0.05, 0.1) is 31.4 Å². The van der Waals surface area contributed by atoms with Gasteiger partial charge in [-0.3, -0.25) is 19.3 Å². The number of likely N-dealkylation sites (tertiary alicyclic amines) is 1. The highest BCUT2D eigenvalue weighted by molar-refractivity contribution is 6.07. The fraction of sp³-hybridized carbons (Fsp3) is 0.450. The molecule has 6 heteroatoms. The monoisotopic (exact) mass is 354 g/mol. The number of carbonyl (C=O) groups excluding carboxylic acids is 3. The maximum absolute atomic E-state index is 13.1. The van der Waals surface area contributed by atoms with E-state index in [4.69, 9.17) is 4.74 Å². The smallest absolute Gasteiger partial charge is 0.234 e. The summed E-state index contributed by atoms with van der Waals surface area (Å²) in [6.07, 6.45) is 5.09. The van der Waals surface area contributed by atoms with E-state index in [1.54, 1.807) is 26.3 Å². The average Bonchev–Trinajstić information content (AvgIpc) is 3.34. The molecule has 2 fully saturated rings. The van der Waals surface area contributed by atoms with E-state index < -0.39 is 6.04 Å². The van der Waals surface area contributed by atoms with Crippen LogP contribution in [0.3, 0.4) is 0 Å². The summed E-state index contributed by atoms with van der Waals surface area (Å²) >= 11 is 0. The lowest BCUT2D eigenvalue weighted by atomic mass is 9.85. The quantitative estimate of drug-likeness (QED) is 0.645. The van der Waals surface area contributed by atoms with E-state index >= 15 is 0 Å². The zero-order chi connectivity index (χ0) is 18.4. The van der Waals surface area contributed by atoms with Crippen molar-refractivity contribution < 1.29 is 19.1 Å². The van der Waals surface area contributed by atoms with Gasteiger partial charge >= 0.3 is 0 Å². The van der Waals surface area contributed by atoms with Gasteiger partial charge in [-0.05, 0) is 36.0 Å². The van der Waals surface area contributed by atoms with Crippen molar-refractivity contribution >= 4 is 17.7 Å². The Morgan fingerprint density at radius 3 is 2.23 bits per heavy atom. The molecule has 0 radical (unpaired) electrons. The number of nitrogens with zero attached hydrogens (tertiary/aromatic N) is 1. The average molecular weight is 354 g/mol. The van der Waals surface area contributed by atoms with Crippen LogP contribution in [0.25, 0.3) is 0 Å². The van der Waals surface area contributed by atoms with Crippen molar-refractivity contribution in [1.29, 1.82) is 0 Å². The molecule has 1 saturated carbocycles. The molecule has 26 heavy (non-hydrogen) atoms. The number of fused-ring (bicyclic) bond motifs is 5. The van der Waals surface area contributed by atoms with Gasteiger partial charge in [-0.15, -0.1) is 0 Å². The molecule has 1 aromatic rings. The van der Waals surface area contributed by atoms with Crippen molar-refractivity contribution in [3.8, 4) is 5.75 Å². The molecule has 4 rings (SSSR count). The molecule has 136 valence electrons. The Labute approximate surface area is 152 Å². The number of rotatable bonds is 5. The van der Waals surface area contributed by atoms with Gasteiger partial charge in [-0.2, -0.15) is 0 Å². The highest BCUT2D eigenvalue weighted by Crippen LogP contribution is 2.54. The molecule has 3 aliphatic rings. The summed E-state index contributed by atoms with van der Waals surface area (Å²) in [7, 11) is 3.13. The Morgan fingerprint density at radius 1 is 1.15 bits per heavy atom. The lowest BCUT2D eigenvalue weighted by molar-refractivity contribution is -0.144. The van der Waals surface area contributed by atoms with Crippen molar-refractivity contribution in [3.63, 3.8) is 0 Å². The van der Waals surface area contributed by atoms with Crippen LogP contribution in [0.5, 0.6) is 5.75 Å². The van der Waals surface area contributed by atoms with E-state index in [0.717, 1.165) is 12.0 Å². The Hall–Kier alpha value is -2.63. The molecule has 0 spiro atoms. The largest absolute Gasteiger partial charge is 0.497 e. The number of methoxy groups -OCH3 is 1. The SMILES string of the molecule is CNC(=O)CC(c1ccc(OC)cc1)N1C(=O)C2C3C=CC(C3)C2C1=O. The second-order valence-corrected chi connectivity index (χ2v) is 7.21. The van der Waals surface area contributed by atoms with Gasteiger partial charge in [0.2, 0.25) is 17.7 Å². The number of benzene rings is 1. The minimum atomic E-state index is -0.592. The van der Waals surface area contributed by atoms with Crippen molar-refractivity contribution in [3.05, 3.63) is 42.0 Å². The number of amides is 3. The standard InChI is InChI=1S/C20H22N2O4/c1-21-16(23)10-15(11-5-7-14(26-2)8-6-11)22-19(24)17-12-3-4-13(9-12)18(17)20(22)25/h3-8,12-13,15,17-18H,9-10H2,1-2H3,(H,21,23). The van der Waals surface area contributed by atoms with Gasteiger partial charge in [-0.25, -0.2) is 0 Å². The molecule has 3 amide bonds. The van der Waals surface area contributed by atoms with Crippen molar-refractivity contribution in [1.82, 2.24) is 10.2 Å². The molecular weight excluding hydrogens is 332 g/mol. The summed E-state index contributed by atoms with van der Waals surface area (Å²) in [5.41, 5.74) is 0.761. The normalized spacial score (nSPS) is 29.8. The predicted octanol–water partition coefficient (Wildman–Crippen LogP) is 1.68. The first-order valence-electron chi connectivity index (χ1n) is 8.95. The fourth-order valence-electron chi connectivity index (χ4n) is 4.69. The third-order valence-electron chi connectivity index (χ3n) is 5.97. The first-order chi connectivity index (χ1) is 12.5. The highest BCUT2D eigenvalue weighted by atomic mass is 16.5. The molecule has 1 heterocycles. The summed E-state index contributed by atoms with van der Waals surface area (Å²) in [4.78, 5) is 39.6. The maximum Gasteiger partial charge on any atom is 0.234 e. The Kier molecular flexibility index (Phi) is 4.05.